The van der Waals surface area contributed by atoms with Gasteiger partial charge >= 0.3 is 0 Å². The molecule has 0 bridgehead atoms. The van der Waals surface area contributed by atoms with Gasteiger partial charge < -0.3 is 10.1 Å². The third kappa shape index (κ3) is 3.14. The molecule has 1 heterocycles. The smallest absolute Gasteiger partial charge is 0.134 e. The highest BCUT2D eigenvalue weighted by Crippen LogP contribution is 2.35. The third-order valence-corrected chi connectivity index (χ3v) is 3.91. The van der Waals surface area contributed by atoms with Gasteiger partial charge in [-0.25, -0.2) is 4.39 Å². The first-order chi connectivity index (χ1) is 9.15. The summed E-state index contributed by atoms with van der Waals surface area (Å²) in [6.45, 7) is 4.75. The van der Waals surface area contributed by atoms with Gasteiger partial charge in [0.05, 0.1) is 18.0 Å². The SMILES string of the molecule is CCNC(c1cc(C)cc(F)c1)c1sccc1OC. The lowest BCUT2D eigenvalue weighted by Crippen LogP contribution is -2.21. The minimum atomic E-state index is -0.201. The van der Waals surface area contributed by atoms with Crippen LogP contribution in [0.1, 0.15) is 29.0 Å². The van der Waals surface area contributed by atoms with E-state index < -0.39 is 0 Å². The first-order valence-electron chi connectivity index (χ1n) is 6.27. The summed E-state index contributed by atoms with van der Waals surface area (Å²) < 4.78 is 19.0. The molecular formula is C15H18FNOS. The Morgan fingerprint density at radius 1 is 1.37 bits per heavy atom. The molecule has 1 N–H and O–H groups in total. The quantitative estimate of drug-likeness (QED) is 0.896. The van der Waals surface area contributed by atoms with Crippen molar-refractivity contribution in [3.05, 3.63) is 51.5 Å². The minimum absolute atomic E-state index is 0.0330. The van der Waals surface area contributed by atoms with Gasteiger partial charge in [0, 0.05) is 0 Å². The van der Waals surface area contributed by atoms with Crippen molar-refractivity contribution in [3.8, 4) is 5.75 Å². The maximum atomic E-state index is 13.6. The lowest BCUT2D eigenvalue weighted by atomic mass is 10.0. The van der Waals surface area contributed by atoms with Crippen LogP contribution in [-0.4, -0.2) is 13.7 Å². The number of nitrogens with one attached hydrogen (secondary N) is 1. The van der Waals surface area contributed by atoms with Crippen molar-refractivity contribution in [1.82, 2.24) is 5.32 Å². The molecule has 1 atom stereocenters. The van der Waals surface area contributed by atoms with Gasteiger partial charge in [-0.05, 0) is 48.2 Å². The predicted octanol–water partition coefficient (Wildman–Crippen LogP) is 3.90. The molecule has 0 saturated heterocycles. The van der Waals surface area contributed by atoms with E-state index in [1.807, 2.05) is 31.4 Å². The van der Waals surface area contributed by atoms with Gasteiger partial charge in [0.2, 0.25) is 0 Å². The lowest BCUT2D eigenvalue weighted by Gasteiger charge is -2.19. The van der Waals surface area contributed by atoms with Crippen molar-refractivity contribution in [2.24, 2.45) is 0 Å². The molecule has 1 aromatic heterocycles. The summed E-state index contributed by atoms with van der Waals surface area (Å²) in [5.41, 5.74) is 1.86. The van der Waals surface area contributed by atoms with Crippen LogP contribution in [0.25, 0.3) is 0 Å². The van der Waals surface area contributed by atoms with Crippen LogP contribution in [0.3, 0.4) is 0 Å². The normalized spacial score (nSPS) is 12.4. The van der Waals surface area contributed by atoms with E-state index in [1.54, 1.807) is 24.5 Å². The molecule has 0 amide bonds. The number of methoxy groups -OCH3 is 1. The first-order valence-corrected chi connectivity index (χ1v) is 7.15. The standard InChI is InChI=1S/C15H18FNOS/c1-4-17-14(15-13(18-3)5-6-19-15)11-7-10(2)8-12(16)9-11/h5-9,14,17H,4H2,1-3H3. The molecule has 1 aromatic carbocycles. The molecule has 0 saturated carbocycles. The van der Waals surface area contributed by atoms with Crippen LogP contribution in [-0.2, 0) is 0 Å². The molecule has 0 aliphatic carbocycles. The maximum Gasteiger partial charge on any atom is 0.134 e. The van der Waals surface area contributed by atoms with Crippen LogP contribution in [0.15, 0.2) is 29.6 Å². The largest absolute Gasteiger partial charge is 0.496 e. The molecule has 2 rings (SSSR count). The third-order valence-electron chi connectivity index (χ3n) is 2.95. The topological polar surface area (TPSA) is 21.3 Å². The summed E-state index contributed by atoms with van der Waals surface area (Å²) >= 11 is 1.62. The zero-order valence-corrected chi connectivity index (χ0v) is 12.2. The molecule has 2 aromatic rings. The van der Waals surface area contributed by atoms with Gasteiger partial charge in [0.25, 0.3) is 0 Å². The zero-order valence-electron chi connectivity index (χ0n) is 11.4. The van der Waals surface area contributed by atoms with Gasteiger partial charge in [0.1, 0.15) is 11.6 Å². The van der Waals surface area contributed by atoms with E-state index in [4.69, 9.17) is 4.74 Å². The fraction of sp³-hybridized carbons (Fsp3) is 0.333. The minimum Gasteiger partial charge on any atom is -0.496 e. The molecule has 1 unspecified atom stereocenters. The Hall–Kier alpha value is -1.39. The number of benzene rings is 1. The van der Waals surface area contributed by atoms with E-state index in [1.165, 1.54) is 6.07 Å². The molecule has 19 heavy (non-hydrogen) atoms. The Morgan fingerprint density at radius 2 is 2.16 bits per heavy atom. The maximum absolute atomic E-state index is 13.6. The van der Waals surface area contributed by atoms with Gasteiger partial charge in [0.15, 0.2) is 0 Å². The average Bonchev–Trinajstić information content (AvgIpc) is 2.82. The van der Waals surface area contributed by atoms with Crippen LogP contribution in [0.4, 0.5) is 4.39 Å². The Morgan fingerprint density at radius 3 is 2.79 bits per heavy atom. The summed E-state index contributed by atoms with van der Waals surface area (Å²) in [4.78, 5) is 1.08. The highest BCUT2D eigenvalue weighted by Gasteiger charge is 2.19. The molecular weight excluding hydrogens is 261 g/mol. The average molecular weight is 279 g/mol. The molecule has 0 fully saturated rings. The molecule has 102 valence electrons. The van der Waals surface area contributed by atoms with E-state index in [9.17, 15) is 4.39 Å². The van der Waals surface area contributed by atoms with Crippen molar-refractivity contribution in [2.45, 2.75) is 19.9 Å². The van der Waals surface area contributed by atoms with Crippen molar-refractivity contribution in [2.75, 3.05) is 13.7 Å². The second kappa shape index (κ2) is 6.17. The number of rotatable bonds is 5. The van der Waals surface area contributed by atoms with E-state index >= 15 is 0 Å². The second-order valence-corrected chi connectivity index (χ2v) is 5.35. The van der Waals surface area contributed by atoms with Crippen molar-refractivity contribution >= 4 is 11.3 Å². The first kappa shape index (κ1) is 14.0. The van der Waals surface area contributed by atoms with Crippen LogP contribution >= 0.6 is 11.3 Å². The molecule has 0 aliphatic heterocycles. The predicted molar refractivity (Wildman–Crippen MR) is 77.5 cm³/mol. The van der Waals surface area contributed by atoms with Crippen molar-refractivity contribution in [3.63, 3.8) is 0 Å². The van der Waals surface area contributed by atoms with Gasteiger partial charge in [-0.1, -0.05) is 13.0 Å². The molecule has 0 radical (unpaired) electrons. The van der Waals surface area contributed by atoms with E-state index in [0.29, 0.717) is 0 Å². The number of thiophene rings is 1. The van der Waals surface area contributed by atoms with Gasteiger partial charge in [-0.15, -0.1) is 11.3 Å². The summed E-state index contributed by atoms with van der Waals surface area (Å²) in [6.07, 6.45) is 0. The molecule has 4 heteroatoms. The Balaban J connectivity index is 2.45. The van der Waals surface area contributed by atoms with Crippen molar-refractivity contribution < 1.29 is 9.13 Å². The highest BCUT2D eigenvalue weighted by atomic mass is 32.1. The summed E-state index contributed by atoms with van der Waals surface area (Å²) in [7, 11) is 1.66. The monoisotopic (exact) mass is 279 g/mol. The van der Waals surface area contributed by atoms with E-state index in [-0.39, 0.29) is 11.9 Å². The van der Waals surface area contributed by atoms with Crippen LogP contribution in [0.2, 0.25) is 0 Å². The Kier molecular flexibility index (Phi) is 4.56. The van der Waals surface area contributed by atoms with E-state index in [0.717, 1.165) is 28.3 Å². The zero-order chi connectivity index (χ0) is 13.8. The molecule has 0 spiro atoms. The van der Waals surface area contributed by atoms with E-state index in [2.05, 4.69) is 5.32 Å². The van der Waals surface area contributed by atoms with Crippen LogP contribution in [0.5, 0.6) is 5.75 Å². The number of ether oxygens (including phenoxy) is 1. The summed E-state index contributed by atoms with van der Waals surface area (Å²) in [6, 6.07) is 7.04. The number of hydrogen-bond donors (Lipinski definition) is 1. The number of aryl methyl sites for hydroxylation is 1. The molecule has 0 aliphatic rings. The molecule has 2 nitrogen and oxygen atoms in total. The van der Waals surface area contributed by atoms with Gasteiger partial charge in [-0.2, -0.15) is 0 Å². The Bertz CT molecular complexity index is 533. The summed E-state index contributed by atoms with van der Waals surface area (Å²) in [5.74, 6) is 0.645. The van der Waals surface area contributed by atoms with Crippen LogP contribution < -0.4 is 10.1 Å². The fourth-order valence-corrected chi connectivity index (χ4v) is 3.15. The van der Waals surface area contributed by atoms with Gasteiger partial charge in [-0.3, -0.25) is 0 Å². The van der Waals surface area contributed by atoms with Crippen molar-refractivity contribution in [1.29, 1.82) is 0 Å². The number of hydrogen-bond acceptors (Lipinski definition) is 3. The fourth-order valence-electron chi connectivity index (χ4n) is 2.19. The summed E-state index contributed by atoms with van der Waals surface area (Å²) in [5, 5.41) is 5.38. The highest BCUT2D eigenvalue weighted by molar-refractivity contribution is 7.10. The Labute approximate surface area is 117 Å². The number of halogens is 1. The lowest BCUT2D eigenvalue weighted by molar-refractivity contribution is 0.407. The van der Waals surface area contributed by atoms with Crippen LogP contribution in [0, 0.1) is 12.7 Å². The second-order valence-electron chi connectivity index (χ2n) is 4.41.